The second-order valence-corrected chi connectivity index (χ2v) is 6.99. The zero-order valence-electron chi connectivity index (χ0n) is 13.4. The van der Waals surface area contributed by atoms with Crippen LogP contribution < -0.4 is 5.43 Å². The molecule has 1 aromatic heterocycles. The lowest BCUT2D eigenvalue weighted by molar-refractivity contribution is -0.384. The first-order chi connectivity index (χ1) is 12.4. The highest BCUT2D eigenvalue weighted by Gasteiger charge is 2.34. The van der Waals surface area contributed by atoms with Crippen molar-refractivity contribution in [1.82, 2.24) is 15.0 Å². The Bertz CT molecular complexity index is 967. The molecule has 8 nitrogen and oxygen atoms in total. The molecule has 2 aromatic rings. The molecule has 132 valence electrons. The molecule has 0 bridgehead atoms. The van der Waals surface area contributed by atoms with E-state index < -0.39 is 16.7 Å². The maximum atomic E-state index is 12.5. The summed E-state index contributed by atoms with van der Waals surface area (Å²) in [5.41, 5.74) is 3.05. The third kappa shape index (κ3) is 3.51. The smallest absolute Gasteiger partial charge is 0.285 e. The first kappa shape index (κ1) is 17.8. The minimum absolute atomic E-state index is 0.0552. The molecule has 26 heavy (non-hydrogen) atoms. The molecule has 1 aliphatic heterocycles. The number of carbonyl (C=O) groups excluding carboxylic acids is 2. The monoisotopic (exact) mass is 388 g/mol. The predicted octanol–water partition coefficient (Wildman–Crippen LogP) is 2.48. The largest absolute Gasteiger partial charge is 0.351 e. The average molecular weight is 388 g/mol. The van der Waals surface area contributed by atoms with Crippen molar-refractivity contribution in [3.05, 3.63) is 68.9 Å². The number of benzene rings is 1. The van der Waals surface area contributed by atoms with Crippen molar-refractivity contribution in [3.8, 4) is 0 Å². The van der Waals surface area contributed by atoms with Gasteiger partial charge in [0.15, 0.2) is 4.32 Å². The minimum atomic E-state index is -0.662. The second-order valence-electron chi connectivity index (χ2n) is 5.31. The fourth-order valence-electron chi connectivity index (χ4n) is 2.25. The highest BCUT2D eigenvalue weighted by molar-refractivity contribution is 8.26. The molecule has 0 atom stereocenters. The molecular weight excluding hydrogens is 376 g/mol. The van der Waals surface area contributed by atoms with Crippen LogP contribution in [0.1, 0.15) is 16.1 Å². The summed E-state index contributed by atoms with van der Waals surface area (Å²) in [6.45, 7) is 0. The van der Waals surface area contributed by atoms with E-state index in [1.54, 1.807) is 6.08 Å². The Balaban J connectivity index is 1.79. The predicted molar refractivity (Wildman–Crippen MR) is 101 cm³/mol. The molecule has 0 unspecified atom stereocenters. The molecule has 1 aromatic carbocycles. The Morgan fingerprint density at radius 2 is 2.12 bits per heavy atom. The number of nitrogens with zero attached hydrogens (tertiary/aromatic N) is 3. The highest BCUT2D eigenvalue weighted by atomic mass is 32.2. The molecule has 1 fully saturated rings. The number of carbonyl (C=O) groups is 2. The van der Waals surface area contributed by atoms with Gasteiger partial charge in [-0.05, 0) is 36.5 Å². The number of nitro benzene ring substituents is 1. The number of hydrazine groups is 1. The Morgan fingerprint density at radius 1 is 1.35 bits per heavy atom. The quantitative estimate of drug-likeness (QED) is 0.374. The number of amides is 2. The minimum Gasteiger partial charge on any atom is -0.351 e. The van der Waals surface area contributed by atoms with E-state index in [-0.39, 0.29) is 15.6 Å². The Hall–Kier alpha value is -2.98. The van der Waals surface area contributed by atoms with Gasteiger partial charge in [-0.25, -0.2) is 0 Å². The Morgan fingerprint density at radius 3 is 2.77 bits per heavy atom. The van der Waals surface area contributed by atoms with Crippen LogP contribution in [0.2, 0.25) is 0 Å². The zero-order valence-corrected chi connectivity index (χ0v) is 15.0. The summed E-state index contributed by atoms with van der Waals surface area (Å²) in [5, 5.41) is 11.8. The SMILES string of the molecule is Cn1cccc1C=C1SC(=S)N(NC(=O)c2cccc([N+](=O)[O-])c2)C1=O. The van der Waals surface area contributed by atoms with Crippen LogP contribution in [-0.4, -0.2) is 30.6 Å². The van der Waals surface area contributed by atoms with Crippen molar-refractivity contribution < 1.29 is 14.5 Å². The van der Waals surface area contributed by atoms with Gasteiger partial charge < -0.3 is 4.57 Å². The lowest BCUT2D eigenvalue weighted by Gasteiger charge is -2.15. The molecule has 0 aliphatic carbocycles. The number of non-ortho nitro benzene ring substituents is 1. The topological polar surface area (TPSA) is 97.5 Å². The van der Waals surface area contributed by atoms with Crippen molar-refractivity contribution in [2.45, 2.75) is 0 Å². The molecular formula is C16H12N4O4S2. The Kier molecular flexibility index (Phi) is 4.87. The standard InChI is InChI=1S/C16H12N4O4S2/c1-18-7-3-6-11(18)9-13-15(22)19(16(25)26-13)17-14(21)10-4-2-5-12(8-10)20(23)24/h2-9H,1H3,(H,17,21). The molecule has 1 N–H and O–H groups in total. The number of thiocarbonyl (C=S) groups is 1. The van der Waals surface area contributed by atoms with Gasteiger partial charge in [0, 0.05) is 36.6 Å². The van der Waals surface area contributed by atoms with Crippen LogP contribution in [0.4, 0.5) is 5.69 Å². The number of hydrogen-bond donors (Lipinski definition) is 1. The van der Waals surface area contributed by atoms with E-state index in [9.17, 15) is 19.7 Å². The van der Waals surface area contributed by atoms with Gasteiger partial charge in [-0.15, -0.1) is 0 Å². The van der Waals surface area contributed by atoms with Crippen LogP contribution in [0.5, 0.6) is 0 Å². The summed E-state index contributed by atoms with van der Waals surface area (Å²) < 4.78 is 2.02. The summed E-state index contributed by atoms with van der Waals surface area (Å²) in [4.78, 5) is 35.4. The maximum absolute atomic E-state index is 12.5. The number of nitro groups is 1. The van der Waals surface area contributed by atoms with Crippen LogP contribution in [0, 0.1) is 10.1 Å². The summed E-state index contributed by atoms with van der Waals surface area (Å²) in [6.07, 6.45) is 3.52. The van der Waals surface area contributed by atoms with Gasteiger partial charge in [-0.2, -0.15) is 5.01 Å². The normalized spacial score (nSPS) is 15.6. The van der Waals surface area contributed by atoms with Crippen molar-refractivity contribution in [3.63, 3.8) is 0 Å². The van der Waals surface area contributed by atoms with Crippen LogP contribution in [0.25, 0.3) is 6.08 Å². The molecule has 2 amide bonds. The summed E-state index contributed by atoms with van der Waals surface area (Å²) >= 11 is 6.22. The van der Waals surface area contributed by atoms with Crippen molar-refractivity contribution in [2.24, 2.45) is 7.05 Å². The van der Waals surface area contributed by atoms with Gasteiger partial charge in [0.1, 0.15) is 0 Å². The maximum Gasteiger partial charge on any atom is 0.285 e. The first-order valence-electron chi connectivity index (χ1n) is 7.31. The van der Waals surface area contributed by atoms with Crippen molar-refractivity contribution in [1.29, 1.82) is 0 Å². The number of nitrogens with one attached hydrogen (secondary N) is 1. The number of rotatable bonds is 4. The van der Waals surface area contributed by atoms with Crippen LogP contribution >= 0.6 is 24.0 Å². The number of thioether (sulfide) groups is 1. The van der Waals surface area contributed by atoms with Gasteiger partial charge >= 0.3 is 0 Å². The number of aromatic nitrogens is 1. The van der Waals surface area contributed by atoms with Crippen molar-refractivity contribution in [2.75, 3.05) is 0 Å². The molecule has 0 radical (unpaired) electrons. The summed E-state index contributed by atoms with van der Waals surface area (Å²) in [6, 6.07) is 8.91. The van der Waals surface area contributed by atoms with Gasteiger partial charge in [-0.1, -0.05) is 17.8 Å². The number of aryl methyl sites for hydroxylation is 1. The Labute approximate surface area is 157 Å². The van der Waals surface area contributed by atoms with E-state index in [1.807, 2.05) is 29.9 Å². The molecule has 1 aliphatic rings. The van der Waals surface area contributed by atoms with E-state index in [4.69, 9.17) is 12.2 Å². The third-order valence-corrected chi connectivity index (χ3v) is 4.89. The van der Waals surface area contributed by atoms with Crippen LogP contribution in [0.15, 0.2) is 47.5 Å². The zero-order chi connectivity index (χ0) is 18.8. The molecule has 0 saturated carbocycles. The van der Waals surface area contributed by atoms with Crippen LogP contribution in [0.3, 0.4) is 0 Å². The number of hydrogen-bond acceptors (Lipinski definition) is 6. The first-order valence-corrected chi connectivity index (χ1v) is 8.54. The van der Waals surface area contributed by atoms with Gasteiger partial charge in [0.2, 0.25) is 0 Å². The third-order valence-electron chi connectivity index (χ3n) is 3.59. The van der Waals surface area contributed by atoms with E-state index in [1.165, 1.54) is 18.2 Å². The van der Waals surface area contributed by atoms with Crippen molar-refractivity contribution >= 4 is 51.9 Å². The molecule has 0 spiro atoms. The fourth-order valence-corrected chi connectivity index (χ4v) is 3.41. The van der Waals surface area contributed by atoms with Gasteiger partial charge in [-0.3, -0.25) is 25.1 Å². The summed E-state index contributed by atoms with van der Waals surface area (Å²) in [5.74, 6) is -1.12. The molecule has 3 rings (SSSR count). The molecule has 2 heterocycles. The van der Waals surface area contributed by atoms with E-state index in [0.717, 1.165) is 28.5 Å². The highest BCUT2D eigenvalue weighted by Crippen LogP contribution is 2.31. The van der Waals surface area contributed by atoms with E-state index in [0.29, 0.717) is 4.91 Å². The summed E-state index contributed by atoms with van der Waals surface area (Å²) in [7, 11) is 1.84. The average Bonchev–Trinajstić information content (AvgIpc) is 3.13. The molecule has 10 heteroatoms. The van der Waals surface area contributed by atoms with Gasteiger partial charge in [0.25, 0.3) is 17.5 Å². The lowest BCUT2D eigenvalue weighted by atomic mass is 10.2. The lowest BCUT2D eigenvalue weighted by Crippen LogP contribution is -2.44. The van der Waals surface area contributed by atoms with E-state index in [2.05, 4.69) is 5.43 Å². The van der Waals surface area contributed by atoms with Gasteiger partial charge in [0.05, 0.1) is 9.83 Å². The molecule has 1 saturated heterocycles. The fraction of sp³-hybridized carbons (Fsp3) is 0.0625. The second kappa shape index (κ2) is 7.10. The van der Waals surface area contributed by atoms with Crippen LogP contribution in [-0.2, 0) is 11.8 Å². The van der Waals surface area contributed by atoms with E-state index >= 15 is 0 Å².